The van der Waals surface area contributed by atoms with Crippen LogP contribution in [0.25, 0.3) is 0 Å². The van der Waals surface area contributed by atoms with E-state index in [4.69, 9.17) is 9.47 Å². The number of esters is 1. The van der Waals surface area contributed by atoms with E-state index in [2.05, 4.69) is 45.9 Å². The summed E-state index contributed by atoms with van der Waals surface area (Å²) in [5.74, 6) is -0.143. The van der Waals surface area contributed by atoms with Crippen molar-refractivity contribution >= 4 is 5.97 Å². The minimum atomic E-state index is -0.315. The Morgan fingerprint density at radius 3 is 2.20 bits per heavy atom. The van der Waals surface area contributed by atoms with Crippen LogP contribution in [0.15, 0.2) is 34.9 Å². The van der Waals surface area contributed by atoms with Crippen molar-refractivity contribution in [1.29, 1.82) is 0 Å². The van der Waals surface area contributed by atoms with Crippen LogP contribution in [0.4, 0.5) is 0 Å². The third kappa shape index (κ3) is 11.0. The molecule has 3 heteroatoms. The van der Waals surface area contributed by atoms with Crippen molar-refractivity contribution in [2.45, 2.75) is 91.8 Å². The number of hydrogen-bond acceptors (Lipinski definition) is 3. The van der Waals surface area contributed by atoms with Gasteiger partial charge in [-0.15, -0.1) is 0 Å². The second kappa shape index (κ2) is 12.9. The maximum absolute atomic E-state index is 11.9. The Bertz CT molecular complexity index is 480. The summed E-state index contributed by atoms with van der Waals surface area (Å²) in [5, 5.41) is 0. The average molecular weight is 349 g/mol. The first kappa shape index (κ1) is 21.7. The summed E-state index contributed by atoms with van der Waals surface area (Å²) in [7, 11) is 0. The largest absolute Gasteiger partial charge is 0.436 e. The second-order valence-corrected chi connectivity index (χ2v) is 7.10. The highest BCUT2D eigenvalue weighted by Gasteiger charge is 2.17. The van der Waals surface area contributed by atoms with E-state index in [0.29, 0.717) is 13.0 Å². The number of carbonyl (C=O) groups excluding carboxylic acids is 1. The Morgan fingerprint density at radius 1 is 0.960 bits per heavy atom. The molecule has 1 unspecified atom stereocenters. The molecule has 1 rings (SSSR count). The molecule has 0 spiro atoms. The lowest BCUT2D eigenvalue weighted by atomic mass is 10.1. The van der Waals surface area contributed by atoms with E-state index in [-0.39, 0.29) is 12.3 Å². The minimum absolute atomic E-state index is 0.143. The van der Waals surface area contributed by atoms with Crippen molar-refractivity contribution in [2.75, 3.05) is 6.61 Å². The van der Waals surface area contributed by atoms with E-state index in [0.717, 1.165) is 51.4 Å². The van der Waals surface area contributed by atoms with Crippen LogP contribution < -0.4 is 0 Å². The lowest BCUT2D eigenvalue weighted by Crippen LogP contribution is -2.25. The molecule has 0 aromatic carbocycles. The smallest absolute Gasteiger partial charge is 0.308 e. The third-order valence-corrected chi connectivity index (χ3v) is 4.68. The van der Waals surface area contributed by atoms with Gasteiger partial charge in [-0.25, -0.2) is 0 Å². The van der Waals surface area contributed by atoms with Crippen LogP contribution in [0.1, 0.15) is 85.5 Å². The molecule has 1 aliphatic rings. The molecule has 0 saturated carbocycles. The summed E-state index contributed by atoms with van der Waals surface area (Å²) in [5.41, 5.74) is 4.16. The topological polar surface area (TPSA) is 35.5 Å². The zero-order valence-electron chi connectivity index (χ0n) is 16.6. The fourth-order valence-electron chi connectivity index (χ4n) is 2.75. The van der Waals surface area contributed by atoms with Crippen molar-refractivity contribution in [2.24, 2.45) is 0 Å². The summed E-state index contributed by atoms with van der Waals surface area (Å²) in [6.45, 7) is 9.28. The molecule has 142 valence electrons. The predicted molar refractivity (Wildman–Crippen MR) is 104 cm³/mol. The Morgan fingerprint density at radius 2 is 1.60 bits per heavy atom. The monoisotopic (exact) mass is 348 g/mol. The zero-order chi connectivity index (χ0) is 18.5. The van der Waals surface area contributed by atoms with Gasteiger partial charge >= 0.3 is 5.97 Å². The van der Waals surface area contributed by atoms with Crippen molar-refractivity contribution in [3.63, 3.8) is 0 Å². The fraction of sp³-hybridized carbons (Fsp3) is 0.682. The molecule has 0 aromatic heterocycles. The number of hydrogen-bond donors (Lipinski definition) is 0. The van der Waals surface area contributed by atoms with Crippen LogP contribution in [-0.4, -0.2) is 18.9 Å². The maximum Gasteiger partial charge on any atom is 0.308 e. The van der Waals surface area contributed by atoms with Gasteiger partial charge in [0.25, 0.3) is 0 Å². The van der Waals surface area contributed by atoms with Crippen molar-refractivity contribution in [3.05, 3.63) is 34.9 Å². The SMILES string of the molecule is C/C=C(\C)CC/C=C(\C)CC/C=C(\C)CCC(=O)OC1CCCCO1. The lowest BCUT2D eigenvalue weighted by molar-refractivity contribution is -0.186. The third-order valence-electron chi connectivity index (χ3n) is 4.68. The molecule has 0 radical (unpaired) electrons. The van der Waals surface area contributed by atoms with Gasteiger partial charge in [0.15, 0.2) is 0 Å². The first-order valence-electron chi connectivity index (χ1n) is 9.75. The van der Waals surface area contributed by atoms with E-state index in [1.54, 1.807) is 0 Å². The van der Waals surface area contributed by atoms with Crippen LogP contribution in [0.3, 0.4) is 0 Å². The van der Waals surface area contributed by atoms with Crippen molar-refractivity contribution < 1.29 is 14.3 Å². The molecule has 1 saturated heterocycles. The van der Waals surface area contributed by atoms with Gasteiger partial charge in [0.1, 0.15) is 0 Å². The molecule has 0 aromatic rings. The minimum Gasteiger partial charge on any atom is -0.436 e. The number of allylic oxidation sites excluding steroid dienone is 6. The lowest BCUT2D eigenvalue weighted by Gasteiger charge is -2.22. The van der Waals surface area contributed by atoms with E-state index in [1.165, 1.54) is 16.7 Å². The quantitative estimate of drug-likeness (QED) is 0.345. The molecular formula is C22H36O3. The number of rotatable bonds is 10. The second-order valence-electron chi connectivity index (χ2n) is 7.10. The molecule has 0 bridgehead atoms. The molecule has 0 N–H and O–H groups in total. The van der Waals surface area contributed by atoms with Crippen LogP contribution in [0.5, 0.6) is 0 Å². The summed E-state index contributed by atoms with van der Waals surface area (Å²) in [6, 6.07) is 0. The highest BCUT2D eigenvalue weighted by atomic mass is 16.7. The van der Waals surface area contributed by atoms with Crippen molar-refractivity contribution in [1.82, 2.24) is 0 Å². The molecule has 1 fully saturated rings. The molecular weight excluding hydrogens is 312 g/mol. The molecule has 0 aliphatic carbocycles. The normalized spacial score (nSPS) is 19.8. The van der Waals surface area contributed by atoms with E-state index in [9.17, 15) is 4.79 Å². The Kier molecular flexibility index (Phi) is 11.2. The van der Waals surface area contributed by atoms with Gasteiger partial charge in [-0.1, -0.05) is 34.9 Å². The molecule has 1 atom stereocenters. The van der Waals surface area contributed by atoms with Crippen LogP contribution >= 0.6 is 0 Å². The fourth-order valence-corrected chi connectivity index (χ4v) is 2.75. The van der Waals surface area contributed by atoms with Crippen LogP contribution in [-0.2, 0) is 14.3 Å². The molecule has 1 heterocycles. The summed E-state index contributed by atoms with van der Waals surface area (Å²) in [4.78, 5) is 11.9. The summed E-state index contributed by atoms with van der Waals surface area (Å²) < 4.78 is 10.8. The van der Waals surface area contributed by atoms with Crippen LogP contribution in [0.2, 0.25) is 0 Å². The van der Waals surface area contributed by atoms with Gasteiger partial charge in [0.05, 0.1) is 6.61 Å². The highest BCUT2D eigenvalue weighted by Crippen LogP contribution is 2.16. The predicted octanol–water partition coefficient (Wildman–Crippen LogP) is 6.26. The Labute approximate surface area is 154 Å². The van der Waals surface area contributed by atoms with E-state index < -0.39 is 0 Å². The Hall–Kier alpha value is -1.35. The van der Waals surface area contributed by atoms with Gasteiger partial charge in [-0.3, -0.25) is 4.79 Å². The molecule has 25 heavy (non-hydrogen) atoms. The Balaban J connectivity index is 2.17. The summed E-state index contributed by atoms with van der Waals surface area (Å²) >= 11 is 0. The molecule has 1 aliphatic heterocycles. The first-order valence-corrected chi connectivity index (χ1v) is 9.75. The van der Waals surface area contributed by atoms with Crippen molar-refractivity contribution in [3.8, 4) is 0 Å². The average Bonchev–Trinajstić information content (AvgIpc) is 2.60. The van der Waals surface area contributed by atoms with Gasteiger partial charge in [-0.05, 0) is 72.6 Å². The highest BCUT2D eigenvalue weighted by molar-refractivity contribution is 5.69. The van der Waals surface area contributed by atoms with Gasteiger partial charge in [0, 0.05) is 12.8 Å². The number of carbonyl (C=O) groups is 1. The standard InChI is InChI=1S/C22H36O3/c1-5-18(2)10-8-11-19(3)12-9-13-20(4)15-16-21(23)25-22-14-6-7-17-24-22/h5,11,13,22H,6-10,12,14-17H2,1-4H3/b18-5+,19-11+,20-13+. The van der Waals surface area contributed by atoms with E-state index in [1.807, 2.05) is 0 Å². The van der Waals surface area contributed by atoms with Gasteiger partial charge in [0.2, 0.25) is 6.29 Å². The molecule has 0 amide bonds. The van der Waals surface area contributed by atoms with Crippen LogP contribution in [0, 0.1) is 0 Å². The first-order chi connectivity index (χ1) is 12.0. The number of ether oxygens (including phenoxy) is 2. The maximum atomic E-state index is 11.9. The van der Waals surface area contributed by atoms with Gasteiger partial charge in [-0.2, -0.15) is 0 Å². The van der Waals surface area contributed by atoms with Gasteiger partial charge < -0.3 is 9.47 Å². The zero-order valence-corrected chi connectivity index (χ0v) is 16.6. The van der Waals surface area contributed by atoms with E-state index >= 15 is 0 Å². The summed E-state index contributed by atoms with van der Waals surface area (Å²) in [6.07, 6.45) is 15.1. The molecule has 3 nitrogen and oxygen atoms in total.